The summed E-state index contributed by atoms with van der Waals surface area (Å²) >= 11 is 0. The van der Waals surface area contributed by atoms with Gasteiger partial charge in [-0.3, -0.25) is 0 Å². The van der Waals surface area contributed by atoms with Crippen LogP contribution in [0.3, 0.4) is 0 Å². The summed E-state index contributed by atoms with van der Waals surface area (Å²) in [6.45, 7) is 14.0. The number of hydrogen-bond donors (Lipinski definition) is 0. The fourth-order valence-electron chi connectivity index (χ4n) is 1.68. The van der Waals surface area contributed by atoms with E-state index in [4.69, 9.17) is 0 Å². The van der Waals surface area contributed by atoms with E-state index in [2.05, 4.69) is 44.5 Å². The minimum atomic E-state index is -0.739. The molecule has 0 amide bonds. The van der Waals surface area contributed by atoms with Crippen molar-refractivity contribution in [3.63, 3.8) is 0 Å². The third-order valence-corrected chi connectivity index (χ3v) is 4.99. The van der Waals surface area contributed by atoms with Crippen LogP contribution in [0.1, 0.15) is 40.5 Å². The second-order valence-corrected chi connectivity index (χ2v) is 6.57. The van der Waals surface area contributed by atoms with Gasteiger partial charge in [0.25, 0.3) is 0 Å². The van der Waals surface area contributed by atoms with E-state index in [0.29, 0.717) is 0 Å². The van der Waals surface area contributed by atoms with Crippen LogP contribution < -0.4 is 0 Å². The first kappa shape index (κ1) is 12.9. The number of rotatable bonds is 6. The van der Waals surface area contributed by atoms with Gasteiger partial charge >= 0.3 is 0 Å². The SMILES string of the molecule is CCCN(CCC)[SiH](C)C=C(C)C. The Hall–Kier alpha value is -0.0831. The first-order valence-corrected chi connectivity index (χ1v) is 7.84. The Bertz CT molecular complexity index is 144. The van der Waals surface area contributed by atoms with Gasteiger partial charge in [0.05, 0.1) is 0 Å². The summed E-state index contributed by atoms with van der Waals surface area (Å²) in [7, 11) is -0.739. The highest BCUT2D eigenvalue weighted by Gasteiger charge is 2.10. The highest BCUT2D eigenvalue weighted by atomic mass is 28.3. The van der Waals surface area contributed by atoms with Gasteiger partial charge in [-0.15, -0.1) is 0 Å². The van der Waals surface area contributed by atoms with Crippen LogP contribution in [-0.4, -0.2) is 26.6 Å². The van der Waals surface area contributed by atoms with E-state index >= 15 is 0 Å². The fourth-order valence-corrected chi connectivity index (χ4v) is 4.19. The van der Waals surface area contributed by atoms with Crippen molar-refractivity contribution in [3.05, 3.63) is 11.3 Å². The van der Waals surface area contributed by atoms with Crippen molar-refractivity contribution in [2.45, 2.75) is 47.1 Å². The van der Waals surface area contributed by atoms with Crippen molar-refractivity contribution in [3.8, 4) is 0 Å². The summed E-state index contributed by atoms with van der Waals surface area (Å²) in [5, 5.41) is 0. The molecule has 0 N–H and O–H groups in total. The van der Waals surface area contributed by atoms with Gasteiger partial charge in [0, 0.05) is 0 Å². The van der Waals surface area contributed by atoms with Gasteiger partial charge in [0.1, 0.15) is 8.96 Å². The van der Waals surface area contributed by atoms with Crippen molar-refractivity contribution < 1.29 is 0 Å². The Labute approximate surface area is 85.5 Å². The Balaban J connectivity index is 4.09. The molecule has 0 heterocycles. The van der Waals surface area contributed by atoms with Gasteiger partial charge in [-0.2, -0.15) is 0 Å². The summed E-state index contributed by atoms with van der Waals surface area (Å²) in [4.78, 5) is 0. The number of nitrogens with zero attached hydrogens (tertiary/aromatic N) is 1. The van der Waals surface area contributed by atoms with E-state index < -0.39 is 8.96 Å². The van der Waals surface area contributed by atoms with Crippen LogP contribution in [0.25, 0.3) is 0 Å². The van der Waals surface area contributed by atoms with Crippen LogP contribution in [0.15, 0.2) is 11.3 Å². The van der Waals surface area contributed by atoms with Crippen LogP contribution in [0, 0.1) is 0 Å². The van der Waals surface area contributed by atoms with Crippen LogP contribution in [0.2, 0.25) is 6.55 Å². The minimum Gasteiger partial charge on any atom is -0.323 e. The molecule has 1 nitrogen and oxygen atoms in total. The maximum Gasteiger partial charge on any atom is 0.133 e. The molecule has 0 aliphatic heterocycles. The molecule has 0 aliphatic rings. The van der Waals surface area contributed by atoms with E-state index in [1.165, 1.54) is 31.5 Å². The molecular formula is C11H25NSi. The summed E-state index contributed by atoms with van der Waals surface area (Å²) < 4.78 is 2.69. The van der Waals surface area contributed by atoms with Crippen molar-refractivity contribution in [2.24, 2.45) is 0 Å². The van der Waals surface area contributed by atoms with Crippen LogP contribution in [-0.2, 0) is 0 Å². The molecule has 0 saturated carbocycles. The third kappa shape index (κ3) is 6.05. The molecule has 0 aromatic rings. The highest BCUT2D eigenvalue weighted by Crippen LogP contribution is 2.02. The second kappa shape index (κ2) is 7.33. The summed E-state index contributed by atoms with van der Waals surface area (Å²) in [6, 6.07) is 0. The zero-order valence-corrected chi connectivity index (χ0v) is 11.1. The van der Waals surface area contributed by atoms with E-state index in [-0.39, 0.29) is 0 Å². The topological polar surface area (TPSA) is 3.24 Å². The van der Waals surface area contributed by atoms with Crippen molar-refractivity contribution in [2.75, 3.05) is 13.1 Å². The maximum atomic E-state index is 2.69. The molecule has 2 heteroatoms. The molecule has 1 unspecified atom stereocenters. The van der Waals surface area contributed by atoms with Crippen molar-refractivity contribution in [1.82, 2.24) is 4.57 Å². The number of allylic oxidation sites excluding steroid dienone is 1. The first-order chi connectivity index (χ1) is 6.11. The smallest absolute Gasteiger partial charge is 0.133 e. The molecular weight excluding hydrogens is 174 g/mol. The molecule has 0 fully saturated rings. The Morgan fingerprint density at radius 2 is 1.62 bits per heavy atom. The monoisotopic (exact) mass is 199 g/mol. The Morgan fingerprint density at radius 1 is 1.15 bits per heavy atom. The Kier molecular flexibility index (Phi) is 7.29. The largest absolute Gasteiger partial charge is 0.323 e. The molecule has 0 saturated heterocycles. The van der Waals surface area contributed by atoms with Crippen molar-refractivity contribution in [1.29, 1.82) is 0 Å². The molecule has 0 spiro atoms. The molecule has 0 aliphatic carbocycles. The molecule has 0 bridgehead atoms. The second-order valence-electron chi connectivity index (χ2n) is 4.02. The highest BCUT2D eigenvalue weighted by molar-refractivity contribution is 6.60. The van der Waals surface area contributed by atoms with E-state index in [9.17, 15) is 0 Å². The maximum absolute atomic E-state index is 2.69. The molecule has 1 atom stereocenters. The van der Waals surface area contributed by atoms with Gasteiger partial charge in [0.2, 0.25) is 0 Å². The summed E-state index contributed by atoms with van der Waals surface area (Å²) in [5.41, 5.74) is 3.97. The summed E-state index contributed by atoms with van der Waals surface area (Å²) in [6.07, 6.45) is 2.57. The zero-order chi connectivity index (χ0) is 10.3. The van der Waals surface area contributed by atoms with Gasteiger partial charge in [-0.05, 0) is 39.8 Å². The average Bonchev–Trinajstić information content (AvgIpc) is 2.02. The fraction of sp³-hybridized carbons (Fsp3) is 0.818. The predicted octanol–water partition coefficient (Wildman–Crippen LogP) is 2.97. The molecule has 0 rings (SSSR count). The molecule has 78 valence electrons. The van der Waals surface area contributed by atoms with Crippen LogP contribution in [0.4, 0.5) is 0 Å². The minimum absolute atomic E-state index is 0.739. The molecule has 13 heavy (non-hydrogen) atoms. The van der Waals surface area contributed by atoms with Crippen LogP contribution >= 0.6 is 0 Å². The van der Waals surface area contributed by atoms with Gasteiger partial charge < -0.3 is 4.57 Å². The van der Waals surface area contributed by atoms with E-state index in [1.54, 1.807) is 0 Å². The van der Waals surface area contributed by atoms with E-state index in [0.717, 1.165) is 0 Å². The lowest BCUT2D eigenvalue weighted by molar-refractivity contribution is 0.435. The number of hydrogen-bond acceptors (Lipinski definition) is 1. The van der Waals surface area contributed by atoms with Crippen molar-refractivity contribution >= 4 is 8.96 Å². The lowest BCUT2D eigenvalue weighted by atomic mass is 10.4. The van der Waals surface area contributed by atoms with Gasteiger partial charge in [-0.1, -0.05) is 31.7 Å². The lowest BCUT2D eigenvalue weighted by Crippen LogP contribution is -2.37. The third-order valence-electron chi connectivity index (χ3n) is 2.17. The summed E-state index contributed by atoms with van der Waals surface area (Å²) in [5.74, 6) is 0. The predicted molar refractivity (Wildman–Crippen MR) is 64.6 cm³/mol. The molecule has 0 radical (unpaired) electrons. The quantitative estimate of drug-likeness (QED) is 0.595. The average molecular weight is 199 g/mol. The van der Waals surface area contributed by atoms with E-state index in [1.807, 2.05) is 0 Å². The lowest BCUT2D eigenvalue weighted by Gasteiger charge is -2.25. The van der Waals surface area contributed by atoms with Crippen LogP contribution in [0.5, 0.6) is 0 Å². The van der Waals surface area contributed by atoms with Gasteiger partial charge in [0.15, 0.2) is 0 Å². The zero-order valence-electron chi connectivity index (χ0n) is 9.93. The molecule has 0 aromatic carbocycles. The normalized spacial score (nSPS) is 13.1. The first-order valence-electron chi connectivity index (χ1n) is 5.50. The molecule has 0 aromatic heterocycles. The van der Waals surface area contributed by atoms with Gasteiger partial charge in [-0.25, -0.2) is 0 Å². The Morgan fingerprint density at radius 3 is 1.92 bits per heavy atom. The standard InChI is InChI=1S/C11H25NSi/c1-6-8-12(9-7-2)13(5)10-11(3)4/h10,13H,6-9H2,1-5H3.